The molecule has 8 heteroatoms. The van der Waals surface area contributed by atoms with E-state index in [-0.39, 0.29) is 16.4 Å². The Bertz CT molecular complexity index is 1030. The van der Waals surface area contributed by atoms with Gasteiger partial charge in [-0.25, -0.2) is 13.2 Å². The molecule has 1 aliphatic heterocycles. The van der Waals surface area contributed by atoms with Crippen LogP contribution in [0.3, 0.4) is 0 Å². The summed E-state index contributed by atoms with van der Waals surface area (Å²) >= 11 is 0. The van der Waals surface area contributed by atoms with Crippen molar-refractivity contribution in [3.8, 4) is 0 Å². The van der Waals surface area contributed by atoms with E-state index in [9.17, 15) is 18.0 Å². The molecule has 0 radical (unpaired) electrons. The number of nitrogens with zero attached hydrogens (tertiary/aromatic N) is 1. The molecular formula is C22H26N2O5S. The van der Waals surface area contributed by atoms with E-state index in [1.807, 2.05) is 32.0 Å². The Hall–Kier alpha value is -2.71. The molecule has 3 rings (SSSR count). The van der Waals surface area contributed by atoms with Crippen LogP contribution in [0.2, 0.25) is 0 Å². The van der Waals surface area contributed by atoms with Gasteiger partial charge in [0.25, 0.3) is 5.91 Å². The number of sulfonamides is 1. The molecule has 0 bridgehead atoms. The highest BCUT2D eigenvalue weighted by Crippen LogP contribution is 2.24. The Morgan fingerprint density at radius 2 is 1.77 bits per heavy atom. The van der Waals surface area contributed by atoms with Crippen LogP contribution in [0.25, 0.3) is 0 Å². The lowest BCUT2D eigenvalue weighted by atomic mass is 10.0. The summed E-state index contributed by atoms with van der Waals surface area (Å²) in [5, 5.41) is 2.75. The lowest BCUT2D eigenvalue weighted by molar-refractivity contribution is -0.119. The normalized spacial score (nSPS) is 14.6. The number of nitrogens with one attached hydrogen (secondary N) is 1. The van der Waals surface area contributed by atoms with Gasteiger partial charge in [0.05, 0.1) is 10.5 Å². The zero-order valence-corrected chi connectivity index (χ0v) is 17.9. The van der Waals surface area contributed by atoms with E-state index in [1.54, 1.807) is 6.07 Å². The van der Waals surface area contributed by atoms with Crippen molar-refractivity contribution >= 4 is 27.6 Å². The van der Waals surface area contributed by atoms with E-state index in [1.165, 1.54) is 28.6 Å². The highest BCUT2D eigenvalue weighted by atomic mass is 32.2. The fourth-order valence-electron chi connectivity index (χ4n) is 3.38. The van der Waals surface area contributed by atoms with Crippen molar-refractivity contribution in [1.82, 2.24) is 4.31 Å². The molecule has 0 aliphatic carbocycles. The van der Waals surface area contributed by atoms with Gasteiger partial charge in [-0.1, -0.05) is 38.1 Å². The molecule has 30 heavy (non-hydrogen) atoms. The maximum Gasteiger partial charge on any atom is 0.338 e. The van der Waals surface area contributed by atoms with Crippen molar-refractivity contribution in [3.05, 3.63) is 59.7 Å². The van der Waals surface area contributed by atoms with Gasteiger partial charge in [0.1, 0.15) is 0 Å². The molecule has 160 valence electrons. The molecule has 0 atom stereocenters. The first-order chi connectivity index (χ1) is 14.3. The molecule has 1 amide bonds. The number of anilines is 1. The number of ether oxygens (including phenoxy) is 1. The smallest absolute Gasteiger partial charge is 0.338 e. The SMILES string of the molecule is CC(C)c1ccccc1NC(=O)COC(=O)c1cccc(S(=O)(=O)N2CCCC2)c1. The Morgan fingerprint density at radius 3 is 2.47 bits per heavy atom. The molecular weight excluding hydrogens is 404 g/mol. The number of amides is 1. The molecule has 1 heterocycles. The van der Waals surface area contributed by atoms with E-state index in [0.29, 0.717) is 18.8 Å². The summed E-state index contributed by atoms with van der Waals surface area (Å²) in [6, 6.07) is 13.2. The standard InChI is InChI=1S/C22H26N2O5S/c1-16(2)19-10-3-4-11-20(19)23-21(25)15-29-22(26)17-8-7-9-18(14-17)30(27,28)24-12-5-6-13-24/h3-4,7-11,14,16H,5-6,12-13,15H2,1-2H3,(H,23,25). The molecule has 1 N–H and O–H groups in total. The lowest BCUT2D eigenvalue weighted by Gasteiger charge is -2.16. The molecule has 7 nitrogen and oxygen atoms in total. The number of hydrogen-bond acceptors (Lipinski definition) is 5. The van der Waals surface area contributed by atoms with Gasteiger partial charge in [-0.3, -0.25) is 4.79 Å². The summed E-state index contributed by atoms with van der Waals surface area (Å²) in [7, 11) is -3.63. The predicted octanol–water partition coefficient (Wildman–Crippen LogP) is 3.39. The fourth-order valence-corrected chi connectivity index (χ4v) is 4.94. The van der Waals surface area contributed by atoms with E-state index < -0.39 is 28.5 Å². The second kappa shape index (κ2) is 9.40. The highest BCUT2D eigenvalue weighted by Gasteiger charge is 2.27. The molecule has 0 aromatic heterocycles. The highest BCUT2D eigenvalue weighted by molar-refractivity contribution is 7.89. The average molecular weight is 431 g/mol. The first-order valence-corrected chi connectivity index (χ1v) is 11.4. The van der Waals surface area contributed by atoms with Crippen LogP contribution in [-0.4, -0.2) is 44.3 Å². The molecule has 2 aromatic carbocycles. The van der Waals surface area contributed by atoms with E-state index in [0.717, 1.165) is 18.4 Å². The first-order valence-electron chi connectivity index (χ1n) is 9.95. The van der Waals surface area contributed by atoms with E-state index >= 15 is 0 Å². The van der Waals surface area contributed by atoms with Crippen LogP contribution < -0.4 is 5.32 Å². The van der Waals surface area contributed by atoms with Gasteiger partial charge in [0.2, 0.25) is 10.0 Å². The van der Waals surface area contributed by atoms with Crippen LogP contribution in [0, 0.1) is 0 Å². The van der Waals surface area contributed by atoms with Crippen molar-refractivity contribution in [1.29, 1.82) is 0 Å². The van der Waals surface area contributed by atoms with Gasteiger partial charge in [0, 0.05) is 18.8 Å². The van der Waals surface area contributed by atoms with Crippen molar-refractivity contribution < 1.29 is 22.7 Å². The van der Waals surface area contributed by atoms with E-state index in [4.69, 9.17) is 4.74 Å². The third-order valence-corrected chi connectivity index (χ3v) is 6.86. The average Bonchev–Trinajstić information content (AvgIpc) is 3.28. The minimum absolute atomic E-state index is 0.0502. The zero-order valence-electron chi connectivity index (χ0n) is 17.1. The summed E-state index contributed by atoms with van der Waals surface area (Å²) in [5.41, 5.74) is 1.75. The number of hydrogen-bond donors (Lipinski definition) is 1. The summed E-state index contributed by atoms with van der Waals surface area (Å²) in [5.74, 6) is -0.984. The van der Waals surface area contributed by atoms with Gasteiger partial charge < -0.3 is 10.1 Å². The molecule has 0 saturated carbocycles. The zero-order chi connectivity index (χ0) is 21.7. The molecule has 2 aromatic rings. The van der Waals surface area contributed by atoms with Gasteiger partial charge >= 0.3 is 5.97 Å². The second-order valence-corrected chi connectivity index (χ2v) is 9.44. The van der Waals surface area contributed by atoms with Gasteiger partial charge in [-0.05, 0) is 48.6 Å². The number of para-hydroxylation sites is 1. The molecule has 0 unspecified atom stereocenters. The molecule has 1 saturated heterocycles. The molecule has 1 aliphatic rings. The third kappa shape index (κ3) is 5.06. The number of carbonyl (C=O) groups excluding carboxylic acids is 2. The molecule has 0 spiro atoms. The van der Waals surface area contributed by atoms with Crippen LogP contribution in [0.4, 0.5) is 5.69 Å². The Labute approximate surface area is 177 Å². The first kappa shape index (κ1) is 22.0. The van der Waals surface area contributed by atoms with Crippen LogP contribution in [0.5, 0.6) is 0 Å². The van der Waals surface area contributed by atoms with Gasteiger partial charge in [0.15, 0.2) is 6.61 Å². The van der Waals surface area contributed by atoms with Crippen LogP contribution in [0.1, 0.15) is 48.5 Å². The van der Waals surface area contributed by atoms with Crippen molar-refractivity contribution in [2.45, 2.75) is 37.5 Å². The minimum Gasteiger partial charge on any atom is -0.452 e. The second-order valence-electron chi connectivity index (χ2n) is 7.51. The Balaban J connectivity index is 1.63. The number of esters is 1. The van der Waals surface area contributed by atoms with Crippen LogP contribution in [0.15, 0.2) is 53.4 Å². The summed E-state index contributed by atoms with van der Waals surface area (Å²) in [6.07, 6.45) is 1.66. The largest absolute Gasteiger partial charge is 0.452 e. The van der Waals surface area contributed by atoms with Crippen molar-refractivity contribution in [3.63, 3.8) is 0 Å². The van der Waals surface area contributed by atoms with Crippen LogP contribution in [-0.2, 0) is 19.6 Å². The summed E-state index contributed by atoms with van der Waals surface area (Å²) in [6.45, 7) is 4.54. The number of rotatable bonds is 7. The quantitative estimate of drug-likeness (QED) is 0.680. The topological polar surface area (TPSA) is 92.8 Å². The summed E-state index contributed by atoms with van der Waals surface area (Å²) < 4.78 is 31.9. The minimum atomic E-state index is -3.63. The number of carbonyl (C=O) groups is 2. The Morgan fingerprint density at radius 1 is 1.07 bits per heavy atom. The number of benzene rings is 2. The maximum absolute atomic E-state index is 12.7. The third-order valence-electron chi connectivity index (χ3n) is 4.96. The predicted molar refractivity (Wildman–Crippen MR) is 114 cm³/mol. The van der Waals surface area contributed by atoms with Gasteiger partial charge in [-0.2, -0.15) is 4.31 Å². The Kier molecular flexibility index (Phi) is 6.89. The van der Waals surface area contributed by atoms with Crippen molar-refractivity contribution in [2.75, 3.05) is 25.0 Å². The van der Waals surface area contributed by atoms with Crippen molar-refractivity contribution in [2.24, 2.45) is 0 Å². The summed E-state index contributed by atoms with van der Waals surface area (Å²) in [4.78, 5) is 24.6. The van der Waals surface area contributed by atoms with Crippen LogP contribution >= 0.6 is 0 Å². The van der Waals surface area contributed by atoms with Gasteiger partial charge in [-0.15, -0.1) is 0 Å². The maximum atomic E-state index is 12.7. The van der Waals surface area contributed by atoms with E-state index in [2.05, 4.69) is 5.32 Å². The lowest BCUT2D eigenvalue weighted by Crippen LogP contribution is -2.28. The monoisotopic (exact) mass is 430 g/mol. The fraction of sp³-hybridized carbons (Fsp3) is 0.364. The molecule has 1 fully saturated rings.